The SMILES string of the molecule is CC(NCc1cccc(OCc2ccccc2F)c1)C(=O)N(C)C. The molecule has 0 aromatic heterocycles. The van der Waals surface area contributed by atoms with Crippen molar-refractivity contribution in [3.05, 3.63) is 65.5 Å². The largest absolute Gasteiger partial charge is 0.489 e. The first kappa shape index (κ1) is 17.9. The summed E-state index contributed by atoms with van der Waals surface area (Å²) in [7, 11) is 3.47. The smallest absolute Gasteiger partial charge is 0.238 e. The molecule has 0 saturated heterocycles. The first-order valence-electron chi connectivity index (χ1n) is 7.87. The summed E-state index contributed by atoms with van der Waals surface area (Å²) in [6.45, 7) is 2.57. The van der Waals surface area contributed by atoms with Crippen LogP contribution in [0.15, 0.2) is 48.5 Å². The van der Waals surface area contributed by atoms with Gasteiger partial charge in [-0.3, -0.25) is 4.79 Å². The monoisotopic (exact) mass is 330 g/mol. The van der Waals surface area contributed by atoms with E-state index in [2.05, 4.69) is 5.32 Å². The summed E-state index contributed by atoms with van der Waals surface area (Å²) in [6, 6.07) is 13.9. The molecule has 1 atom stereocenters. The highest BCUT2D eigenvalue weighted by Crippen LogP contribution is 2.16. The zero-order chi connectivity index (χ0) is 17.5. The molecule has 0 aliphatic carbocycles. The minimum absolute atomic E-state index is 0.0296. The van der Waals surface area contributed by atoms with Crippen LogP contribution in [0.4, 0.5) is 4.39 Å². The van der Waals surface area contributed by atoms with Crippen LogP contribution in [-0.4, -0.2) is 30.9 Å². The summed E-state index contributed by atoms with van der Waals surface area (Å²) in [5.74, 6) is 0.428. The average Bonchev–Trinajstić information content (AvgIpc) is 2.58. The average molecular weight is 330 g/mol. The molecule has 0 saturated carbocycles. The number of nitrogens with zero attached hydrogens (tertiary/aromatic N) is 1. The topological polar surface area (TPSA) is 41.6 Å². The Morgan fingerprint density at radius 1 is 1.21 bits per heavy atom. The van der Waals surface area contributed by atoms with Crippen LogP contribution in [0.5, 0.6) is 5.75 Å². The number of nitrogens with one attached hydrogen (secondary N) is 1. The van der Waals surface area contributed by atoms with E-state index in [1.165, 1.54) is 6.07 Å². The number of ether oxygens (including phenoxy) is 1. The molecular weight excluding hydrogens is 307 g/mol. The highest BCUT2D eigenvalue weighted by molar-refractivity contribution is 5.80. The minimum Gasteiger partial charge on any atom is -0.489 e. The van der Waals surface area contributed by atoms with Gasteiger partial charge in [-0.15, -0.1) is 0 Å². The number of amides is 1. The van der Waals surface area contributed by atoms with Crippen LogP contribution >= 0.6 is 0 Å². The summed E-state index contributed by atoms with van der Waals surface area (Å²) in [4.78, 5) is 13.4. The van der Waals surface area contributed by atoms with E-state index in [0.29, 0.717) is 17.9 Å². The molecule has 0 fully saturated rings. The zero-order valence-corrected chi connectivity index (χ0v) is 14.3. The molecular formula is C19H23FN2O2. The summed E-state index contributed by atoms with van der Waals surface area (Å²) >= 11 is 0. The molecule has 4 nitrogen and oxygen atoms in total. The molecule has 1 unspecified atom stereocenters. The van der Waals surface area contributed by atoms with E-state index in [-0.39, 0.29) is 24.4 Å². The Morgan fingerprint density at radius 2 is 1.96 bits per heavy atom. The van der Waals surface area contributed by atoms with Crippen molar-refractivity contribution in [1.82, 2.24) is 10.2 Å². The van der Waals surface area contributed by atoms with Crippen LogP contribution < -0.4 is 10.1 Å². The summed E-state index contributed by atoms with van der Waals surface area (Å²) < 4.78 is 19.3. The molecule has 0 bridgehead atoms. The lowest BCUT2D eigenvalue weighted by Crippen LogP contribution is -2.41. The van der Waals surface area contributed by atoms with E-state index in [9.17, 15) is 9.18 Å². The number of rotatable bonds is 7. The Hall–Kier alpha value is -2.40. The fourth-order valence-electron chi connectivity index (χ4n) is 2.27. The second kappa shape index (κ2) is 8.45. The van der Waals surface area contributed by atoms with Crippen molar-refractivity contribution in [2.45, 2.75) is 26.1 Å². The van der Waals surface area contributed by atoms with Gasteiger partial charge in [-0.05, 0) is 30.7 Å². The molecule has 1 N–H and O–H groups in total. The normalized spacial score (nSPS) is 11.8. The number of carbonyl (C=O) groups excluding carboxylic acids is 1. The lowest BCUT2D eigenvalue weighted by atomic mass is 10.2. The molecule has 0 radical (unpaired) electrons. The predicted octanol–water partition coefficient (Wildman–Crippen LogP) is 2.97. The van der Waals surface area contributed by atoms with Gasteiger partial charge in [0.25, 0.3) is 0 Å². The molecule has 5 heteroatoms. The fourth-order valence-corrected chi connectivity index (χ4v) is 2.27. The van der Waals surface area contributed by atoms with Gasteiger partial charge >= 0.3 is 0 Å². The Kier molecular flexibility index (Phi) is 6.32. The number of halogens is 1. The molecule has 24 heavy (non-hydrogen) atoms. The second-order valence-corrected chi connectivity index (χ2v) is 5.86. The van der Waals surface area contributed by atoms with Crippen molar-refractivity contribution in [1.29, 1.82) is 0 Å². The molecule has 0 aliphatic rings. The van der Waals surface area contributed by atoms with Crippen molar-refractivity contribution in [2.75, 3.05) is 14.1 Å². The molecule has 0 aliphatic heterocycles. The summed E-state index contributed by atoms with van der Waals surface area (Å²) in [5.41, 5.74) is 1.52. The van der Waals surface area contributed by atoms with Gasteiger partial charge in [0.1, 0.15) is 18.2 Å². The van der Waals surface area contributed by atoms with Gasteiger partial charge < -0.3 is 15.0 Å². The van der Waals surface area contributed by atoms with Crippen LogP contribution in [-0.2, 0) is 17.9 Å². The number of hydrogen-bond donors (Lipinski definition) is 1. The maximum absolute atomic E-state index is 13.6. The maximum atomic E-state index is 13.6. The standard InChI is InChI=1S/C19H23FN2O2/c1-14(19(23)22(2)3)21-12-15-7-6-9-17(11-15)24-13-16-8-4-5-10-18(16)20/h4-11,14,21H,12-13H2,1-3H3. The number of benzene rings is 2. The van der Waals surface area contributed by atoms with E-state index in [4.69, 9.17) is 4.74 Å². The van der Waals surface area contributed by atoms with Crippen LogP contribution in [0, 0.1) is 5.82 Å². The molecule has 2 aromatic rings. The van der Waals surface area contributed by atoms with Crippen molar-refractivity contribution in [3.63, 3.8) is 0 Å². The number of hydrogen-bond acceptors (Lipinski definition) is 3. The van der Waals surface area contributed by atoms with Gasteiger partial charge in [0.05, 0.1) is 6.04 Å². The maximum Gasteiger partial charge on any atom is 0.238 e. The van der Waals surface area contributed by atoms with Crippen LogP contribution in [0.2, 0.25) is 0 Å². The van der Waals surface area contributed by atoms with Crippen LogP contribution in [0.1, 0.15) is 18.1 Å². The highest BCUT2D eigenvalue weighted by Gasteiger charge is 2.13. The zero-order valence-electron chi connectivity index (χ0n) is 14.3. The third-order valence-corrected chi connectivity index (χ3v) is 3.67. The quantitative estimate of drug-likeness (QED) is 0.849. The van der Waals surface area contributed by atoms with Gasteiger partial charge in [-0.2, -0.15) is 0 Å². The van der Waals surface area contributed by atoms with Gasteiger partial charge in [-0.25, -0.2) is 4.39 Å². The van der Waals surface area contributed by atoms with E-state index >= 15 is 0 Å². The molecule has 0 heterocycles. The van der Waals surface area contributed by atoms with Crippen molar-refractivity contribution >= 4 is 5.91 Å². The Bertz CT molecular complexity index is 689. The molecule has 0 spiro atoms. The molecule has 1 amide bonds. The molecule has 2 rings (SSSR count). The van der Waals surface area contributed by atoms with Crippen LogP contribution in [0.25, 0.3) is 0 Å². The lowest BCUT2D eigenvalue weighted by Gasteiger charge is -2.18. The summed E-state index contributed by atoms with van der Waals surface area (Å²) in [5, 5.41) is 3.18. The van der Waals surface area contributed by atoms with E-state index < -0.39 is 0 Å². The number of likely N-dealkylation sites (N-methyl/N-ethyl adjacent to an activating group) is 1. The van der Waals surface area contributed by atoms with E-state index in [1.807, 2.05) is 31.2 Å². The van der Waals surface area contributed by atoms with Crippen LogP contribution in [0.3, 0.4) is 0 Å². The van der Waals surface area contributed by atoms with Gasteiger partial charge in [0.15, 0.2) is 0 Å². The van der Waals surface area contributed by atoms with E-state index in [0.717, 1.165) is 5.56 Å². The first-order chi connectivity index (χ1) is 11.5. The minimum atomic E-state index is -0.272. The Labute approximate surface area is 142 Å². The van der Waals surface area contributed by atoms with Gasteiger partial charge in [0.2, 0.25) is 5.91 Å². The molecule has 2 aromatic carbocycles. The Morgan fingerprint density at radius 3 is 2.67 bits per heavy atom. The fraction of sp³-hybridized carbons (Fsp3) is 0.316. The third-order valence-electron chi connectivity index (χ3n) is 3.67. The molecule has 128 valence electrons. The Balaban J connectivity index is 1.92. The van der Waals surface area contributed by atoms with Gasteiger partial charge in [0, 0.05) is 26.2 Å². The second-order valence-electron chi connectivity index (χ2n) is 5.86. The van der Waals surface area contributed by atoms with E-state index in [1.54, 1.807) is 37.2 Å². The first-order valence-corrected chi connectivity index (χ1v) is 7.87. The third kappa shape index (κ3) is 5.06. The predicted molar refractivity (Wildman–Crippen MR) is 92.2 cm³/mol. The summed E-state index contributed by atoms with van der Waals surface area (Å²) in [6.07, 6.45) is 0. The highest BCUT2D eigenvalue weighted by atomic mass is 19.1. The van der Waals surface area contributed by atoms with Crippen molar-refractivity contribution in [2.24, 2.45) is 0 Å². The van der Waals surface area contributed by atoms with Crippen molar-refractivity contribution in [3.8, 4) is 5.75 Å². The van der Waals surface area contributed by atoms with Gasteiger partial charge in [-0.1, -0.05) is 30.3 Å². The number of carbonyl (C=O) groups is 1. The van der Waals surface area contributed by atoms with Crippen molar-refractivity contribution < 1.29 is 13.9 Å². The lowest BCUT2D eigenvalue weighted by molar-refractivity contribution is -0.130.